The molecule has 0 heterocycles. The van der Waals surface area contributed by atoms with Gasteiger partial charge in [0.25, 0.3) is 0 Å². The molecule has 0 radical (unpaired) electrons. The normalized spacial score (nSPS) is 33.0. The Morgan fingerprint density at radius 1 is 1.14 bits per heavy atom. The highest BCUT2D eigenvalue weighted by molar-refractivity contribution is 5.87. The predicted octanol–water partition coefficient (Wildman–Crippen LogP) is 5.32. The van der Waals surface area contributed by atoms with Crippen LogP contribution in [-0.2, 0) is 11.8 Å². The quantitative estimate of drug-likeness (QED) is 0.570. The van der Waals surface area contributed by atoms with E-state index in [2.05, 4.69) is 49.4 Å². The molecule has 2 aromatic rings. The minimum Gasteiger partial charge on any atom is -0.0851 e. The molecule has 0 aliphatic heterocycles. The van der Waals surface area contributed by atoms with Crippen molar-refractivity contribution in [2.24, 2.45) is 11.8 Å². The van der Waals surface area contributed by atoms with E-state index < -0.39 is 0 Å². The highest BCUT2D eigenvalue weighted by atomic mass is 14.5. The zero-order valence-electron chi connectivity index (χ0n) is 12.7. The third-order valence-corrected chi connectivity index (χ3v) is 6.44. The Labute approximate surface area is 126 Å². The molecule has 0 amide bonds. The molecule has 0 aromatic heterocycles. The van der Waals surface area contributed by atoms with E-state index in [-0.39, 0.29) is 0 Å². The summed E-state index contributed by atoms with van der Waals surface area (Å²) in [5, 5.41) is 2.91. The van der Waals surface area contributed by atoms with Crippen LogP contribution in [0.3, 0.4) is 0 Å². The van der Waals surface area contributed by atoms with Crippen LogP contribution in [0.1, 0.15) is 42.4 Å². The second-order valence-electron chi connectivity index (χ2n) is 7.51. The number of benzene rings is 2. The lowest BCUT2D eigenvalue weighted by Crippen LogP contribution is -2.35. The second kappa shape index (κ2) is 4.00. The molecule has 0 N–H and O–H groups in total. The van der Waals surface area contributed by atoms with Crippen LogP contribution in [-0.4, -0.2) is 0 Å². The van der Waals surface area contributed by atoms with E-state index in [1.807, 2.05) is 0 Å². The number of rotatable bonds is 0. The SMILES string of the molecule is Cc1cccc2cc3c(cc12)C1(CCC3)CC2C=CC1C2. The van der Waals surface area contributed by atoms with Crippen molar-refractivity contribution >= 4 is 10.8 Å². The van der Waals surface area contributed by atoms with Crippen LogP contribution >= 0.6 is 0 Å². The average molecular weight is 274 g/mol. The van der Waals surface area contributed by atoms with Crippen molar-refractivity contribution in [3.63, 3.8) is 0 Å². The first kappa shape index (κ1) is 12.0. The number of aryl methyl sites for hydroxylation is 2. The fourth-order valence-electron chi connectivity index (χ4n) is 5.48. The molecule has 0 heteroatoms. The molecule has 3 atom stereocenters. The Hall–Kier alpha value is -1.56. The van der Waals surface area contributed by atoms with Crippen molar-refractivity contribution in [3.05, 3.63) is 59.2 Å². The summed E-state index contributed by atoms with van der Waals surface area (Å²) in [6, 6.07) is 11.8. The summed E-state index contributed by atoms with van der Waals surface area (Å²) in [6.45, 7) is 2.25. The molecule has 3 aliphatic carbocycles. The van der Waals surface area contributed by atoms with Crippen molar-refractivity contribution in [2.45, 2.75) is 44.4 Å². The van der Waals surface area contributed by atoms with E-state index in [1.54, 1.807) is 11.1 Å². The minimum absolute atomic E-state index is 0.476. The zero-order valence-corrected chi connectivity index (χ0v) is 12.7. The molecule has 0 nitrogen and oxygen atoms in total. The number of hydrogen-bond donors (Lipinski definition) is 0. The lowest BCUT2D eigenvalue weighted by Gasteiger charge is -2.41. The van der Waals surface area contributed by atoms with Crippen LogP contribution in [0.2, 0.25) is 0 Å². The molecular weight excluding hydrogens is 252 g/mol. The number of hydrogen-bond acceptors (Lipinski definition) is 0. The molecule has 1 saturated carbocycles. The van der Waals surface area contributed by atoms with E-state index in [0.717, 1.165) is 11.8 Å². The van der Waals surface area contributed by atoms with Crippen LogP contribution in [0, 0.1) is 18.8 Å². The van der Waals surface area contributed by atoms with Gasteiger partial charge in [-0.1, -0.05) is 42.5 Å². The van der Waals surface area contributed by atoms with Gasteiger partial charge < -0.3 is 0 Å². The van der Waals surface area contributed by atoms with Gasteiger partial charge in [0.1, 0.15) is 0 Å². The van der Waals surface area contributed by atoms with Crippen molar-refractivity contribution in [2.75, 3.05) is 0 Å². The molecule has 3 unspecified atom stereocenters. The fraction of sp³-hybridized carbons (Fsp3) is 0.429. The maximum Gasteiger partial charge on any atom is 0.00246 e. The van der Waals surface area contributed by atoms with Crippen LogP contribution < -0.4 is 0 Å². The van der Waals surface area contributed by atoms with E-state index in [9.17, 15) is 0 Å². The summed E-state index contributed by atoms with van der Waals surface area (Å²) < 4.78 is 0. The van der Waals surface area contributed by atoms with Crippen LogP contribution in [0.15, 0.2) is 42.5 Å². The van der Waals surface area contributed by atoms with Crippen molar-refractivity contribution in [1.29, 1.82) is 0 Å². The molecule has 3 aliphatic rings. The lowest BCUT2D eigenvalue weighted by atomic mass is 9.62. The first-order chi connectivity index (χ1) is 10.3. The molecule has 0 saturated heterocycles. The third-order valence-electron chi connectivity index (χ3n) is 6.44. The Bertz CT molecular complexity index is 767. The molecule has 2 aromatic carbocycles. The molecule has 5 rings (SSSR count). The highest BCUT2D eigenvalue weighted by Crippen LogP contribution is 2.58. The Morgan fingerprint density at radius 2 is 2.10 bits per heavy atom. The first-order valence-corrected chi connectivity index (χ1v) is 8.47. The maximum absolute atomic E-state index is 2.56. The van der Waals surface area contributed by atoms with Gasteiger partial charge in [0.2, 0.25) is 0 Å². The summed E-state index contributed by atoms with van der Waals surface area (Å²) in [5.41, 5.74) is 5.24. The van der Waals surface area contributed by atoms with E-state index in [1.165, 1.54) is 48.4 Å². The zero-order chi connectivity index (χ0) is 14.0. The fourth-order valence-corrected chi connectivity index (χ4v) is 5.48. The second-order valence-corrected chi connectivity index (χ2v) is 7.51. The van der Waals surface area contributed by atoms with Gasteiger partial charge in [-0.3, -0.25) is 0 Å². The van der Waals surface area contributed by atoms with Gasteiger partial charge in [-0.15, -0.1) is 0 Å². The summed E-state index contributed by atoms with van der Waals surface area (Å²) in [4.78, 5) is 0. The molecule has 21 heavy (non-hydrogen) atoms. The summed E-state index contributed by atoms with van der Waals surface area (Å²) in [5.74, 6) is 1.66. The molecule has 106 valence electrons. The topological polar surface area (TPSA) is 0 Å². The van der Waals surface area contributed by atoms with Gasteiger partial charge >= 0.3 is 0 Å². The average Bonchev–Trinajstić information content (AvgIpc) is 3.08. The maximum atomic E-state index is 2.56. The standard InChI is InChI=1S/C21H22/c1-14-4-2-5-16-11-17-6-3-9-21(20(17)12-19(14)16)13-15-7-8-18(21)10-15/h2,4-5,7-8,11-12,15,18H,3,6,9-10,13H2,1H3. The van der Waals surface area contributed by atoms with Crippen molar-refractivity contribution in [3.8, 4) is 0 Å². The molecular formula is C21H22. The van der Waals surface area contributed by atoms with E-state index in [4.69, 9.17) is 0 Å². The van der Waals surface area contributed by atoms with E-state index in [0.29, 0.717) is 5.41 Å². The highest BCUT2D eigenvalue weighted by Gasteiger charge is 2.50. The van der Waals surface area contributed by atoms with Gasteiger partial charge in [0.15, 0.2) is 0 Å². The summed E-state index contributed by atoms with van der Waals surface area (Å²) in [7, 11) is 0. The van der Waals surface area contributed by atoms with Gasteiger partial charge in [0.05, 0.1) is 0 Å². The van der Waals surface area contributed by atoms with Gasteiger partial charge in [0, 0.05) is 5.41 Å². The predicted molar refractivity (Wildman–Crippen MR) is 88.7 cm³/mol. The number of fused-ring (bicyclic) bond motifs is 6. The Kier molecular flexibility index (Phi) is 2.29. The summed E-state index contributed by atoms with van der Waals surface area (Å²) in [6.07, 6.45) is 11.9. The third kappa shape index (κ3) is 1.51. The minimum atomic E-state index is 0.476. The van der Waals surface area contributed by atoms with Crippen molar-refractivity contribution < 1.29 is 0 Å². The lowest BCUT2D eigenvalue weighted by molar-refractivity contribution is 0.304. The Balaban J connectivity index is 1.79. The molecule has 2 bridgehead atoms. The van der Waals surface area contributed by atoms with Crippen LogP contribution in [0.4, 0.5) is 0 Å². The van der Waals surface area contributed by atoms with Gasteiger partial charge in [-0.2, -0.15) is 0 Å². The van der Waals surface area contributed by atoms with Gasteiger partial charge in [-0.25, -0.2) is 0 Å². The van der Waals surface area contributed by atoms with Gasteiger partial charge in [-0.05, 0) is 78.3 Å². The Morgan fingerprint density at radius 3 is 2.90 bits per heavy atom. The van der Waals surface area contributed by atoms with E-state index >= 15 is 0 Å². The largest absolute Gasteiger partial charge is 0.0851 e. The van der Waals surface area contributed by atoms with Crippen molar-refractivity contribution in [1.82, 2.24) is 0 Å². The van der Waals surface area contributed by atoms with Crippen LogP contribution in [0.25, 0.3) is 10.8 Å². The monoisotopic (exact) mass is 274 g/mol. The number of allylic oxidation sites excluding steroid dienone is 2. The first-order valence-electron chi connectivity index (χ1n) is 8.47. The molecule has 1 fully saturated rings. The summed E-state index contributed by atoms with van der Waals surface area (Å²) >= 11 is 0. The van der Waals surface area contributed by atoms with Crippen LogP contribution in [0.5, 0.6) is 0 Å². The smallest absolute Gasteiger partial charge is 0.00246 e. The molecule has 1 spiro atoms.